The van der Waals surface area contributed by atoms with Crippen LogP contribution in [0.3, 0.4) is 0 Å². The van der Waals surface area contributed by atoms with E-state index in [0.29, 0.717) is 21.0 Å². The standard InChI is InChI=1S/C9H12N2O2S3/c1-4-13-8(12)6-7(10-5-11(2)3)15-16-9(6)14/h5H,4H2,1-3H3/b10-5+. The molecule has 0 atom stereocenters. The normalized spacial score (nSPS) is 10.7. The first kappa shape index (κ1) is 13.3. The van der Waals surface area contributed by atoms with Crippen LogP contribution < -0.4 is 0 Å². The topological polar surface area (TPSA) is 41.9 Å². The summed E-state index contributed by atoms with van der Waals surface area (Å²) in [7, 11) is 6.47. The lowest BCUT2D eigenvalue weighted by Crippen LogP contribution is -2.08. The first-order valence-electron chi connectivity index (χ1n) is 4.57. The highest BCUT2D eigenvalue weighted by molar-refractivity contribution is 7.80. The van der Waals surface area contributed by atoms with E-state index >= 15 is 0 Å². The Kier molecular flexibility index (Phi) is 5.04. The molecule has 1 heterocycles. The van der Waals surface area contributed by atoms with E-state index in [4.69, 9.17) is 17.0 Å². The molecule has 88 valence electrons. The largest absolute Gasteiger partial charge is 0.462 e. The first-order chi connectivity index (χ1) is 7.56. The predicted octanol–water partition coefficient (Wildman–Crippen LogP) is 2.94. The summed E-state index contributed by atoms with van der Waals surface area (Å²) in [5.41, 5.74) is 0.407. The summed E-state index contributed by atoms with van der Waals surface area (Å²) in [6.07, 6.45) is 1.63. The highest BCUT2D eigenvalue weighted by atomic mass is 32.9. The molecule has 0 amide bonds. The molecule has 0 aromatic carbocycles. The summed E-state index contributed by atoms with van der Waals surface area (Å²) in [5, 5.41) is 0.613. The van der Waals surface area contributed by atoms with Gasteiger partial charge in [-0.1, -0.05) is 32.9 Å². The molecule has 0 spiro atoms. The molecule has 0 aliphatic carbocycles. The van der Waals surface area contributed by atoms with E-state index in [2.05, 4.69) is 4.99 Å². The molecular formula is C9H12N2O2S3. The van der Waals surface area contributed by atoms with Gasteiger partial charge in [0, 0.05) is 14.1 Å². The highest BCUT2D eigenvalue weighted by Crippen LogP contribution is 2.33. The van der Waals surface area contributed by atoms with Crippen molar-refractivity contribution in [3.05, 3.63) is 9.39 Å². The average molecular weight is 276 g/mol. The number of esters is 1. The van der Waals surface area contributed by atoms with Gasteiger partial charge in [0.15, 0.2) is 0 Å². The minimum atomic E-state index is -0.393. The third kappa shape index (κ3) is 3.36. The SMILES string of the molecule is CCOC(=O)c1c(/N=C/N(C)C)ssc1=S. The molecule has 0 unspecified atom stereocenters. The molecule has 0 N–H and O–H groups in total. The van der Waals surface area contributed by atoms with E-state index in [-0.39, 0.29) is 0 Å². The maximum Gasteiger partial charge on any atom is 0.343 e. The Morgan fingerprint density at radius 3 is 2.81 bits per heavy atom. The van der Waals surface area contributed by atoms with Crippen molar-refractivity contribution in [3.8, 4) is 0 Å². The van der Waals surface area contributed by atoms with Crippen LogP contribution in [0.2, 0.25) is 0 Å². The van der Waals surface area contributed by atoms with E-state index in [1.165, 1.54) is 20.7 Å². The molecule has 1 aromatic heterocycles. The van der Waals surface area contributed by atoms with Gasteiger partial charge in [-0.3, -0.25) is 0 Å². The Bertz CT molecular complexity index is 448. The second kappa shape index (κ2) is 6.07. The molecule has 0 radical (unpaired) electrons. The first-order valence-corrected chi connectivity index (χ1v) is 7.13. The number of rotatable bonds is 4. The van der Waals surface area contributed by atoms with Crippen molar-refractivity contribution in [1.82, 2.24) is 4.90 Å². The van der Waals surface area contributed by atoms with E-state index < -0.39 is 5.97 Å². The summed E-state index contributed by atoms with van der Waals surface area (Å²) < 4.78 is 5.47. The van der Waals surface area contributed by atoms with Crippen molar-refractivity contribution in [3.63, 3.8) is 0 Å². The van der Waals surface area contributed by atoms with Crippen LogP contribution >= 0.6 is 32.9 Å². The van der Waals surface area contributed by atoms with Crippen molar-refractivity contribution >= 4 is 50.2 Å². The van der Waals surface area contributed by atoms with Crippen molar-refractivity contribution in [2.24, 2.45) is 4.99 Å². The molecule has 16 heavy (non-hydrogen) atoms. The lowest BCUT2D eigenvalue weighted by atomic mass is 10.4. The quantitative estimate of drug-likeness (QED) is 0.279. The van der Waals surface area contributed by atoms with Crippen LogP contribution in [-0.4, -0.2) is 37.9 Å². The van der Waals surface area contributed by atoms with Crippen LogP contribution in [0.15, 0.2) is 4.99 Å². The Balaban J connectivity index is 3.03. The number of nitrogens with zero attached hydrogens (tertiary/aromatic N) is 2. The number of ether oxygens (including phenoxy) is 1. The monoisotopic (exact) mass is 276 g/mol. The van der Waals surface area contributed by atoms with Gasteiger partial charge in [0.2, 0.25) is 0 Å². The van der Waals surface area contributed by atoms with Gasteiger partial charge in [0.05, 0.1) is 12.9 Å². The van der Waals surface area contributed by atoms with Gasteiger partial charge in [0.25, 0.3) is 0 Å². The second-order valence-electron chi connectivity index (χ2n) is 3.06. The van der Waals surface area contributed by atoms with Gasteiger partial charge in [-0.05, 0) is 6.92 Å². The Hall–Kier alpha value is -0.790. The zero-order chi connectivity index (χ0) is 12.1. The molecular weight excluding hydrogens is 264 g/mol. The van der Waals surface area contributed by atoms with Crippen LogP contribution in [0.25, 0.3) is 0 Å². The molecule has 0 fully saturated rings. The summed E-state index contributed by atoms with van der Waals surface area (Å²) in [6, 6.07) is 0. The lowest BCUT2D eigenvalue weighted by molar-refractivity contribution is 0.0527. The summed E-state index contributed by atoms with van der Waals surface area (Å²) in [5.74, 6) is -0.393. The van der Waals surface area contributed by atoms with Gasteiger partial charge in [-0.15, -0.1) is 0 Å². The molecule has 0 aliphatic heterocycles. The van der Waals surface area contributed by atoms with Gasteiger partial charge < -0.3 is 9.64 Å². The molecule has 0 saturated heterocycles. The maximum absolute atomic E-state index is 11.6. The zero-order valence-electron chi connectivity index (χ0n) is 9.22. The van der Waals surface area contributed by atoms with Crippen LogP contribution in [-0.2, 0) is 4.74 Å². The predicted molar refractivity (Wildman–Crippen MR) is 70.8 cm³/mol. The fourth-order valence-corrected chi connectivity index (χ4v) is 3.36. The summed E-state index contributed by atoms with van der Waals surface area (Å²) in [4.78, 5) is 17.6. The minimum Gasteiger partial charge on any atom is -0.462 e. The Labute approximate surface area is 107 Å². The van der Waals surface area contributed by atoms with Crippen molar-refractivity contribution in [1.29, 1.82) is 0 Å². The smallest absolute Gasteiger partial charge is 0.343 e. The van der Waals surface area contributed by atoms with Gasteiger partial charge >= 0.3 is 5.97 Å². The van der Waals surface area contributed by atoms with Crippen LogP contribution in [0.1, 0.15) is 17.3 Å². The molecule has 0 bridgehead atoms. The highest BCUT2D eigenvalue weighted by Gasteiger charge is 2.17. The number of carbonyl (C=O) groups is 1. The van der Waals surface area contributed by atoms with Crippen molar-refractivity contribution in [2.45, 2.75) is 6.92 Å². The molecule has 7 heteroatoms. The molecule has 0 saturated carbocycles. The number of carbonyl (C=O) groups excluding carboxylic acids is 1. The molecule has 1 rings (SSSR count). The average Bonchev–Trinajstić information content (AvgIpc) is 2.57. The summed E-state index contributed by atoms with van der Waals surface area (Å²) in [6.45, 7) is 2.10. The van der Waals surface area contributed by atoms with E-state index in [0.717, 1.165) is 0 Å². The van der Waals surface area contributed by atoms with E-state index in [9.17, 15) is 4.79 Å². The van der Waals surface area contributed by atoms with Crippen LogP contribution in [0.5, 0.6) is 0 Å². The van der Waals surface area contributed by atoms with Crippen LogP contribution in [0.4, 0.5) is 5.00 Å². The summed E-state index contributed by atoms with van der Waals surface area (Å²) >= 11 is 5.08. The van der Waals surface area contributed by atoms with Crippen molar-refractivity contribution in [2.75, 3.05) is 20.7 Å². The fourth-order valence-electron chi connectivity index (χ4n) is 0.876. The number of aliphatic imine (C=N–C) groups is 1. The van der Waals surface area contributed by atoms with Gasteiger partial charge in [-0.2, -0.15) is 0 Å². The maximum atomic E-state index is 11.6. The molecule has 0 aliphatic rings. The van der Waals surface area contributed by atoms with Gasteiger partial charge in [0.1, 0.15) is 14.4 Å². The third-order valence-corrected chi connectivity index (χ3v) is 4.40. The van der Waals surface area contributed by atoms with Gasteiger partial charge in [-0.25, -0.2) is 9.79 Å². The van der Waals surface area contributed by atoms with Crippen molar-refractivity contribution < 1.29 is 9.53 Å². The minimum absolute atomic E-state index is 0.338. The Morgan fingerprint density at radius 1 is 1.56 bits per heavy atom. The molecule has 1 aromatic rings. The van der Waals surface area contributed by atoms with E-state index in [1.54, 1.807) is 18.2 Å². The fraction of sp³-hybridized carbons (Fsp3) is 0.444. The molecule has 4 nitrogen and oxygen atoms in total. The lowest BCUT2D eigenvalue weighted by Gasteiger charge is -2.02. The van der Waals surface area contributed by atoms with Crippen LogP contribution in [0, 0.1) is 3.82 Å². The second-order valence-corrected chi connectivity index (χ2v) is 5.86. The van der Waals surface area contributed by atoms with E-state index in [1.807, 2.05) is 14.1 Å². The number of hydrogen-bond acceptors (Lipinski definition) is 6. The third-order valence-electron chi connectivity index (χ3n) is 1.50. The Morgan fingerprint density at radius 2 is 2.25 bits per heavy atom. The zero-order valence-corrected chi connectivity index (χ0v) is 11.7. The number of hydrogen-bond donors (Lipinski definition) is 0.